The Kier molecular flexibility index (Phi) is 3.31. The molecule has 0 saturated carbocycles. The van der Waals surface area contributed by atoms with Gasteiger partial charge in [0.05, 0.1) is 18.8 Å². The third-order valence-electron chi connectivity index (χ3n) is 3.39. The van der Waals surface area contributed by atoms with E-state index in [-0.39, 0.29) is 6.04 Å². The van der Waals surface area contributed by atoms with Crippen LogP contribution in [0.4, 0.5) is 0 Å². The maximum absolute atomic E-state index is 5.11. The summed E-state index contributed by atoms with van der Waals surface area (Å²) in [6.07, 6.45) is 4.68. The maximum Gasteiger partial charge on any atom is 0.154 e. The zero-order valence-corrected chi connectivity index (χ0v) is 11.2. The Balaban J connectivity index is 1.90. The van der Waals surface area contributed by atoms with Crippen molar-refractivity contribution in [3.63, 3.8) is 0 Å². The number of rotatable bonds is 4. The van der Waals surface area contributed by atoms with Crippen LogP contribution < -0.4 is 5.32 Å². The van der Waals surface area contributed by atoms with Gasteiger partial charge in [0, 0.05) is 45.4 Å². The Hall–Kier alpha value is -1.73. The van der Waals surface area contributed by atoms with E-state index in [1.807, 2.05) is 19.4 Å². The molecule has 0 aromatic carbocycles. The molecule has 1 atom stereocenters. The number of hydrogen-bond acceptors (Lipinski definition) is 5. The third kappa shape index (κ3) is 2.26. The molecule has 102 valence electrons. The summed E-state index contributed by atoms with van der Waals surface area (Å²) in [5.74, 6) is 1.96. The Morgan fingerprint density at radius 2 is 2.37 bits per heavy atom. The Labute approximate surface area is 111 Å². The first-order chi connectivity index (χ1) is 9.29. The number of aryl methyl sites for hydroxylation is 1. The number of ether oxygens (including phenoxy) is 1. The number of nitrogens with one attached hydrogen (secondary N) is 1. The molecule has 7 nitrogen and oxygen atoms in total. The van der Waals surface area contributed by atoms with Crippen LogP contribution in [0.15, 0.2) is 12.4 Å². The van der Waals surface area contributed by atoms with Crippen LogP contribution in [-0.4, -0.2) is 44.8 Å². The summed E-state index contributed by atoms with van der Waals surface area (Å²) in [7, 11) is 3.62. The summed E-state index contributed by atoms with van der Waals surface area (Å²) < 4.78 is 9.10. The highest BCUT2D eigenvalue weighted by Gasteiger charge is 2.26. The molecule has 0 saturated heterocycles. The second kappa shape index (κ2) is 5.10. The van der Waals surface area contributed by atoms with Crippen molar-refractivity contribution in [2.24, 2.45) is 7.05 Å². The van der Waals surface area contributed by atoms with Crippen LogP contribution in [0.3, 0.4) is 0 Å². The third-order valence-corrected chi connectivity index (χ3v) is 3.39. The van der Waals surface area contributed by atoms with Gasteiger partial charge in [-0.3, -0.25) is 4.68 Å². The average molecular weight is 262 g/mol. The van der Waals surface area contributed by atoms with Crippen LogP contribution >= 0.6 is 0 Å². The SMILES string of the molecule is COCCc1nnc2n1CCNC2c1cnn(C)c1. The van der Waals surface area contributed by atoms with Gasteiger partial charge in [-0.25, -0.2) is 0 Å². The van der Waals surface area contributed by atoms with Gasteiger partial charge in [0.15, 0.2) is 5.82 Å². The van der Waals surface area contributed by atoms with Crippen molar-refractivity contribution in [1.29, 1.82) is 0 Å². The monoisotopic (exact) mass is 262 g/mol. The smallest absolute Gasteiger partial charge is 0.154 e. The molecule has 0 spiro atoms. The van der Waals surface area contributed by atoms with Crippen molar-refractivity contribution < 1.29 is 4.74 Å². The molecular weight excluding hydrogens is 244 g/mol. The lowest BCUT2D eigenvalue weighted by molar-refractivity contribution is 0.199. The topological polar surface area (TPSA) is 69.8 Å². The molecule has 1 aliphatic heterocycles. The molecule has 0 aliphatic carbocycles. The van der Waals surface area contributed by atoms with Crippen LogP contribution in [0.2, 0.25) is 0 Å². The van der Waals surface area contributed by atoms with E-state index in [1.165, 1.54) is 0 Å². The second-order valence-electron chi connectivity index (χ2n) is 4.70. The molecule has 19 heavy (non-hydrogen) atoms. The molecule has 7 heteroatoms. The molecule has 1 aliphatic rings. The first kappa shape index (κ1) is 12.3. The van der Waals surface area contributed by atoms with Crippen molar-refractivity contribution in [2.45, 2.75) is 19.0 Å². The van der Waals surface area contributed by atoms with Crippen molar-refractivity contribution in [2.75, 3.05) is 20.3 Å². The summed E-state index contributed by atoms with van der Waals surface area (Å²) in [6.45, 7) is 2.48. The fraction of sp³-hybridized carbons (Fsp3) is 0.583. The lowest BCUT2D eigenvalue weighted by Gasteiger charge is -2.24. The van der Waals surface area contributed by atoms with Crippen molar-refractivity contribution in [3.05, 3.63) is 29.6 Å². The average Bonchev–Trinajstić information content (AvgIpc) is 3.02. The molecule has 0 amide bonds. The molecule has 3 rings (SSSR count). The standard InChI is InChI=1S/C12H18N6O/c1-17-8-9(7-14-17)11-12-16-15-10(3-6-19-2)18(12)5-4-13-11/h7-8,11,13H,3-6H2,1-2H3. The molecule has 0 bridgehead atoms. The number of aromatic nitrogens is 5. The predicted octanol–water partition coefficient (Wildman–Crippen LogP) is -0.107. The van der Waals surface area contributed by atoms with Gasteiger partial charge in [-0.15, -0.1) is 10.2 Å². The maximum atomic E-state index is 5.11. The van der Waals surface area contributed by atoms with Crippen LogP contribution in [-0.2, 0) is 24.8 Å². The van der Waals surface area contributed by atoms with Crippen LogP contribution in [0.1, 0.15) is 23.3 Å². The second-order valence-corrected chi connectivity index (χ2v) is 4.70. The van der Waals surface area contributed by atoms with Crippen LogP contribution in [0, 0.1) is 0 Å². The van der Waals surface area contributed by atoms with E-state index >= 15 is 0 Å². The zero-order valence-electron chi connectivity index (χ0n) is 11.2. The molecule has 2 aromatic rings. The minimum Gasteiger partial charge on any atom is -0.384 e. The van der Waals surface area contributed by atoms with Gasteiger partial charge in [0.25, 0.3) is 0 Å². The fourth-order valence-electron chi connectivity index (χ4n) is 2.45. The minimum absolute atomic E-state index is 0.0752. The highest BCUT2D eigenvalue weighted by Crippen LogP contribution is 2.23. The van der Waals surface area contributed by atoms with Crippen molar-refractivity contribution >= 4 is 0 Å². The van der Waals surface area contributed by atoms with Gasteiger partial charge in [0.2, 0.25) is 0 Å². The first-order valence-electron chi connectivity index (χ1n) is 6.42. The van der Waals surface area contributed by atoms with E-state index in [9.17, 15) is 0 Å². The van der Waals surface area contributed by atoms with Crippen molar-refractivity contribution in [3.8, 4) is 0 Å². The molecule has 0 fully saturated rings. The predicted molar refractivity (Wildman–Crippen MR) is 68.7 cm³/mol. The lowest BCUT2D eigenvalue weighted by Crippen LogP contribution is -2.34. The Morgan fingerprint density at radius 3 is 3.11 bits per heavy atom. The first-order valence-corrected chi connectivity index (χ1v) is 6.42. The highest BCUT2D eigenvalue weighted by molar-refractivity contribution is 5.21. The van der Waals surface area contributed by atoms with Crippen molar-refractivity contribution in [1.82, 2.24) is 29.9 Å². The summed E-state index contributed by atoms with van der Waals surface area (Å²) in [6, 6.07) is 0.0752. The van der Waals surface area contributed by atoms with E-state index in [0.29, 0.717) is 6.61 Å². The normalized spacial score (nSPS) is 18.5. The van der Waals surface area contributed by atoms with Gasteiger partial charge < -0.3 is 14.6 Å². The van der Waals surface area contributed by atoms with Gasteiger partial charge in [-0.05, 0) is 0 Å². The van der Waals surface area contributed by atoms with Gasteiger partial charge >= 0.3 is 0 Å². The number of nitrogens with zero attached hydrogens (tertiary/aromatic N) is 5. The van der Waals surface area contributed by atoms with Gasteiger partial charge in [-0.1, -0.05) is 0 Å². The number of fused-ring (bicyclic) bond motifs is 1. The van der Waals surface area contributed by atoms with Gasteiger partial charge in [0.1, 0.15) is 5.82 Å². The van der Waals surface area contributed by atoms with E-state index in [1.54, 1.807) is 11.8 Å². The Morgan fingerprint density at radius 1 is 1.47 bits per heavy atom. The molecule has 1 unspecified atom stereocenters. The Bertz CT molecular complexity index is 560. The number of methoxy groups -OCH3 is 1. The largest absolute Gasteiger partial charge is 0.384 e. The lowest BCUT2D eigenvalue weighted by atomic mass is 10.1. The summed E-state index contributed by atoms with van der Waals surface area (Å²) >= 11 is 0. The van der Waals surface area contributed by atoms with Crippen LogP contribution in [0.5, 0.6) is 0 Å². The summed E-state index contributed by atoms with van der Waals surface area (Å²) in [4.78, 5) is 0. The molecular formula is C12H18N6O. The summed E-state index contributed by atoms with van der Waals surface area (Å²) in [5.41, 5.74) is 1.12. The molecule has 3 heterocycles. The number of hydrogen-bond donors (Lipinski definition) is 1. The van der Waals surface area contributed by atoms with E-state index < -0.39 is 0 Å². The highest BCUT2D eigenvalue weighted by atomic mass is 16.5. The van der Waals surface area contributed by atoms with Gasteiger partial charge in [-0.2, -0.15) is 5.10 Å². The molecule has 2 aromatic heterocycles. The van der Waals surface area contributed by atoms with E-state index in [0.717, 1.165) is 36.7 Å². The summed E-state index contributed by atoms with van der Waals surface area (Å²) in [5, 5.41) is 16.3. The van der Waals surface area contributed by atoms with E-state index in [2.05, 4.69) is 25.2 Å². The molecule has 0 radical (unpaired) electrons. The minimum atomic E-state index is 0.0752. The fourth-order valence-corrected chi connectivity index (χ4v) is 2.45. The quantitative estimate of drug-likeness (QED) is 0.833. The zero-order chi connectivity index (χ0) is 13.2. The van der Waals surface area contributed by atoms with E-state index in [4.69, 9.17) is 4.74 Å². The molecule has 1 N–H and O–H groups in total. The van der Waals surface area contributed by atoms with Crippen LogP contribution in [0.25, 0.3) is 0 Å².